The van der Waals surface area contributed by atoms with Gasteiger partial charge in [-0.3, -0.25) is 9.78 Å². The molecule has 2 aliphatic rings. The highest BCUT2D eigenvalue weighted by Crippen LogP contribution is 2.31. The van der Waals surface area contributed by atoms with Crippen molar-refractivity contribution in [1.29, 1.82) is 0 Å². The Bertz CT molecular complexity index is 1160. The second-order valence-corrected chi connectivity index (χ2v) is 9.94. The number of aryl methyl sites for hydroxylation is 1. The van der Waals surface area contributed by atoms with Gasteiger partial charge in [-0.25, -0.2) is 0 Å². The number of nitrogens with zero attached hydrogens (tertiary/aromatic N) is 2. The van der Waals surface area contributed by atoms with Crippen molar-refractivity contribution in [3.05, 3.63) is 59.3 Å². The van der Waals surface area contributed by atoms with Crippen molar-refractivity contribution < 1.29 is 9.47 Å². The number of piperidine rings is 1. The number of hydrogen-bond acceptors (Lipinski definition) is 5. The monoisotopic (exact) mass is 475 g/mol. The predicted octanol–water partition coefficient (Wildman–Crippen LogP) is 5.32. The van der Waals surface area contributed by atoms with Crippen LogP contribution in [0, 0.1) is 0 Å². The summed E-state index contributed by atoms with van der Waals surface area (Å²) in [7, 11) is 0. The molecule has 35 heavy (non-hydrogen) atoms. The Morgan fingerprint density at radius 1 is 0.943 bits per heavy atom. The lowest BCUT2D eigenvalue weighted by Crippen LogP contribution is -2.37. The highest BCUT2D eigenvalue weighted by Gasteiger charge is 2.26. The van der Waals surface area contributed by atoms with E-state index in [-0.39, 0.29) is 11.7 Å². The standard InChI is InChI=1S/C29H37N3O3/c1-2-3-18-32-20-28(26-14-17-31-19-27(26)29(32)33)21-4-6-22(7-5-21)34-23-8-10-24(11-9-23)35-25-12-15-30-16-13-25/h4-7,14,17,19-20,23-25,30H,2-3,8-13,15-16,18H2,1H3. The first kappa shape index (κ1) is 24.0. The van der Waals surface area contributed by atoms with Crippen LogP contribution in [-0.4, -0.2) is 41.0 Å². The van der Waals surface area contributed by atoms with Gasteiger partial charge in [0.2, 0.25) is 0 Å². The van der Waals surface area contributed by atoms with E-state index in [1.165, 1.54) is 0 Å². The smallest absolute Gasteiger partial charge is 0.260 e. The Balaban J connectivity index is 1.25. The fourth-order valence-electron chi connectivity index (χ4n) is 5.36. The molecule has 6 nitrogen and oxygen atoms in total. The number of aromatic nitrogens is 2. The Morgan fingerprint density at radius 2 is 1.66 bits per heavy atom. The minimum Gasteiger partial charge on any atom is -0.490 e. The summed E-state index contributed by atoms with van der Waals surface area (Å²) >= 11 is 0. The minimum atomic E-state index is 0.0324. The molecule has 1 saturated heterocycles. The molecular formula is C29H37N3O3. The molecule has 1 N–H and O–H groups in total. The molecular weight excluding hydrogens is 438 g/mol. The van der Waals surface area contributed by atoms with E-state index in [0.29, 0.717) is 17.6 Å². The summed E-state index contributed by atoms with van der Waals surface area (Å²) in [6.45, 7) is 5.01. The summed E-state index contributed by atoms with van der Waals surface area (Å²) in [6, 6.07) is 10.3. The van der Waals surface area contributed by atoms with Gasteiger partial charge in [-0.15, -0.1) is 0 Å². The van der Waals surface area contributed by atoms with Crippen LogP contribution < -0.4 is 15.6 Å². The number of unbranched alkanes of at least 4 members (excludes halogenated alkanes) is 1. The van der Waals surface area contributed by atoms with Gasteiger partial charge in [0, 0.05) is 30.7 Å². The summed E-state index contributed by atoms with van der Waals surface area (Å²) in [5, 5.41) is 5.02. The molecule has 3 heterocycles. The fourth-order valence-corrected chi connectivity index (χ4v) is 5.36. The Labute approximate surface area is 207 Å². The number of fused-ring (bicyclic) bond motifs is 1. The van der Waals surface area contributed by atoms with Gasteiger partial charge in [-0.1, -0.05) is 25.5 Å². The molecule has 0 spiro atoms. The maximum absolute atomic E-state index is 12.9. The highest BCUT2D eigenvalue weighted by molar-refractivity contribution is 5.95. The van der Waals surface area contributed by atoms with Gasteiger partial charge >= 0.3 is 0 Å². The number of rotatable bonds is 8. The topological polar surface area (TPSA) is 65.4 Å². The number of nitrogens with one attached hydrogen (secondary N) is 1. The van der Waals surface area contributed by atoms with E-state index in [9.17, 15) is 4.79 Å². The average molecular weight is 476 g/mol. The van der Waals surface area contributed by atoms with Crippen molar-refractivity contribution >= 4 is 10.8 Å². The van der Waals surface area contributed by atoms with Crippen molar-refractivity contribution in [2.24, 2.45) is 0 Å². The predicted molar refractivity (Wildman–Crippen MR) is 140 cm³/mol. The van der Waals surface area contributed by atoms with E-state index < -0.39 is 0 Å². The van der Waals surface area contributed by atoms with Crippen molar-refractivity contribution in [3.63, 3.8) is 0 Å². The molecule has 0 radical (unpaired) electrons. The third-order valence-electron chi connectivity index (χ3n) is 7.40. The van der Waals surface area contributed by atoms with E-state index in [1.807, 2.05) is 16.8 Å². The second-order valence-electron chi connectivity index (χ2n) is 9.94. The number of benzene rings is 1. The molecule has 186 valence electrons. The molecule has 2 fully saturated rings. The lowest BCUT2D eigenvalue weighted by molar-refractivity contribution is -0.0548. The van der Waals surface area contributed by atoms with Gasteiger partial charge in [0.15, 0.2) is 0 Å². The third kappa shape index (κ3) is 5.76. The first-order valence-electron chi connectivity index (χ1n) is 13.3. The van der Waals surface area contributed by atoms with E-state index in [1.54, 1.807) is 12.4 Å². The minimum absolute atomic E-state index is 0.0324. The van der Waals surface area contributed by atoms with Crippen LogP contribution in [0.5, 0.6) is 5.75 Å². The van der Waals surface area contributed by atoms with E-state index in [0.717, 1.165) is 93.3 Å². The van der Waals surface area contributed by atoms with Gasteiger partial charge in [-0.2, -0.15) is 0 Å². The molecule has 5 rings (SSSR count). The zero-order valence-corrected chi connectivity index (χ0v) is 20.7. The van der Waals surface area contributed by atoms with Crippen molar-refractivity contribution in [2.75, 3.05) is 13.1 Å². The van der Waals surface area contributed by atoms with Crippen molar-refractivity contribution in [2.45, 2.75) is 83.1 Å². The Kier molecular flexibility index (Phi) is 7.79. The molecule has 1 saturated carbocycles. The molecule has 0 unspecified atom stereocenters. The van der Waals surface area contributed by atoms with E-state index >= 15 is 0 Å². The first-order chi connectivity index (χ1) is 17.2. The number of ether oxygens (including phenoxy) is 2. The maximum Gasteiger partial charge on any atom is 0.260 e. The normalized spacial score (nSPS) is 21.3. The Hall–Kier alpha value is -2.70. The second kappa shape index (κ2) is 11.4. The molecule has 0 bridgehead atoms. The molecule has 3 aromatic rings. The zero-order chi connectivity index (χ0) is 24.0. The lowest BCUT2D eigenvalue weighted by Gasteiger charge is -2.33. The van der Waals surface area contributed by atoms with Gasteiger partial charge in [0.25, 0.3) is 5.56 Å². The molecule has 0 amide bonds. The summed E-state index contributed by atoms with van der Waals surface area (Å²) in [5.41, 5.74) is 2.17. The number of pyridine rings is 2. The molecule has 2 aromatic heterocycles. The SMILES string of the molecule is CCCCn1cc(-c2ccc(OC3CCC(OC4CCNCC4)CC3)cc2)c2ccncc2c1=O. The van der Waals surface area contributed by atoms with Crippen LogP contribution in [0.4, 0.5) is 0 Å². The fraction of sp³-hybridized carbons (Fsp3) is 0.517. The van der Waals surface area contributed by atoms with Crippen LogP contribution in [0.3, 0.4) is 0 Å². The van der Waals surface area contributed by atoms with Crippen LogP contribution in [0.2, 0.25) is 0 Å². The largest absolute Gasteiger partial charge is 0.490 e. The molecule has 1 aliphatic heterocycles. The van der Waals surface area contributed by atoms with Crippen molar-refractivity contribution in [3.8, 4) is 16.9 Å². The van der Waals surface area contributed by atoms with Gasteiger partial charge in [-0.05, 0) is 87.2 Å². The van der Waals surface area contributed by atoms with Gasteiger partial charge < -0.3 is 19.4 Å². The molecule has 0 atom stereocenters. The highest BCUT2D eigenvalue weighted by atomic mass is 16.5. The van der Waals surface area contributed by atoms with Crippen molar-refractivity contribution in [1.82, 2.24) is 14.9 Å². The van der Waals surface area contributed by atoms with Crippen LogP contribution >= 0.6 is 0 Å². The summed E-state index contributed by atoms with van der Waals surface area (Å²) in [4.78, 5) is 17.1. The van der Waals surface area contributed by atoms with E-state index in [2.05, 4.69) is 41.5 Å². The van der Waals surface area contributed by atoms with Crippen LogP contribution in [0.15, 0.2) is 53.7 Å². The lowest BCUT2D eigenvalue weighted by atomic mass is 9.94. The zero-order valence-electron chi connectivity index (χ0n) is 20.7. The van der Waals surface area contributed by atoms with Crippen LogP contribution in [-0.2, 0) is 11.3 Å². The summed E-state index contributed by atoms with van der Waals surface area (Å²) < 4.78 is 14.5. The average Bonchev–Trinajstić information content (AvgIpc) is 2.91. The van der Waals surface area contributed by atoms with Crippen LogP contribution in [0.1, 0.15) is 58.3 Å². The third-order valence-corrected chi connectivity index (χ3v) is 7.40. The van der Waals surface area contributed by atoms with Gasteiger partial charge in [0.05, 0.1) is 23.7 Å². The summed E-state index contributed by atoms with van der Waals surface area (Å²) in [6.07, 6.45) is 15.0. The van der Waals surface area contributed by atoms with E-state index in [4.69, 9.17) is 9.47 Å². The van der Waals surface area contributed by atoms with Gasteiger partial charge in [0.1, 0.15) is 5.75 Å². The molecule has 6 heteroatoms. The molecule has 1 aliphatic carbocycles. The quantitative estimate of drug-likeness (QED) is 0.478. The first-order valence-corrected chi connectivity index (χ1v) is 13.3. The number of hydrogen-bond donors (Lipinski definition) is 1. The summed E-state index contributed by atoms with van der Waals surface area (Å²) in [5.74, 6) is 0.904. The van der Waals surface area contributed by atoms with Crippen LogP contribution in [0.25, 0.3) is 21.9 Å². The Morgan fingerprint density at radius 3 is 2.40 bits per heavy atom. The maximum atomic E-state index is 12.9. The molecule has 1 aromatic carbocycles.